The van der Waals surface area contributed by atoms with Gasteiger partial charge in [0.1, 0.15) is 0 Å². The van der Waals surface area contributed by atoms with Crippen LogP contribution >= 0.6 is 0 Å². The van der Waals surface area contributed by atoms with Crippen molar-refractivity contribution in [3.63, 3.8) is 0 Å². The van der Waals surface area contributed by atoms with Crippen LogP contribution in [-0.4, -0.2) is 49.5 Å². The Morgan fingerprint density at radius 3 is 2.65 bits per heavy atom. The average molecular weight is 283 g/mol. The highest BCUT2D eigenvalue weighted by atomic mass is 16.5. The predicted molar refractivity (Wildman–Crippen MR) is 82.8 cm³/mol. The van der Waals surface area contributed by atoms with Crippen molar-refractivity contribution in [3.8, 4) is 0 Å². The molecular weight excluding hydrogens is 250 g/mol. The van der Waals surface area contributed by atoms with Gasteiger partial charge in [-0.2, -0.15) is 0 Å². The summed E-state index contributed by atoms with van der Waals surface area (Å²) in [5, 5.41) is 10.0. The molecular formula is C17H33NO2. The summed E-state index contributed by atoms with van der Waals surface area (Å²) in [4.78, 5) is 2.59. The maximum absolute atomic E-state index is 10.0. The van der Waals surface area contributed by atoms with Gasteiger partial charge in [0.2, 0.25) is 0 Å². The van der Waals surface area contributed by atoms with Crippen LogP contribution in [0.3, 0.4) is 0 Å². The summed E-state index contributed by atoms with van der Waals surface area (Å²) in [5.41, 5.74) is 0.133. The monoisotopic (exact) mass is 283 g/mol. The van der Waals surface area contributed by atoms with E-state index in [2.05, 4.69) is 18.7 Å². The predicted octanol–water partition coefficient (Wildman–Crippen LogP) is 2.92. The second-order valence-electron chi connectivity index (χ2n) is 7.40. The van der Waals surface area contributed by atoms with E-state index in [1.165, 1.54) is 38.5 Å². The Bertz CT molecular complexity index is 293. The average Bonchev–Trinajstić information content (AvgIpc) is 3.27. The molecule has 2 fully saturated rings. The summed E-state index contributed by atoms with van der Waals surface area (Å²) in [7, 11) is 1.78. The van der Waals surface area contributed by atoms with E-state index in [0.29, 0.717) is 12.6 Å². The molecule has 2 aliphatic carbocycles. The first-order chi connectivity index (χ1) is 9.60. The number of aliphatic hydroxyl groups excluding tert-OH is 1. The summed E-state index contributed by atoms with van der Waals surface area (Å²) in [6.07, 6.45) is 7.75. The fourth-order valence-corrected chi connectivity index (χ4v) is 4.05. The summed E-state index contributed by atoms with van der Waals surface area (Å²) < 4.78 is 5.30. The molecule has 2 saturated carbocycles. The zero-order valence-corrected chi connectivity index (χ0v) is 13.6. The van der Waals surface area contributed by atoms with E-state index in [1.807, 2.05) is 0 Å². The molecule has 0 spiro atoms. The maximum Gasteiger partial charge on any atom is 0.0589 e. The number of aliphatic hydroxyl groups is 1. The third-order valence-electron chi connectivity index (χ3n) is 5.52. The van der Waals surface area contributed by atoms with Gasteiger partial charge in [-0.3, -0.25) is 4.90 Å². The normalized spacial score (nSPS) is 32.5. The fraction of sp³-hybridized carbons (Fsp3) is 1.00. The van der Waals surface area contributed by atoms with E-state index in [0.717, 1.165) is 31.5 Å². The topological polar surface area (TPSA) is 32.7 Å². The summed E-state index contributed by atoms with van der Waals surface area (Å²) in [6, 6.07) is 0.644. The molecule has 0 radical (unpaired) electrons. The summed E-state index contributed by atoms with van der Waals surface area (Å²) >= 11 is 0. The van der Waals surface area contributed by atoms with Gasteiger partial charge in [0.05, 0.1) is 6.61 Å². The second-order valence-corrected chi connectivity index (χ2v) is 7.40. The smallest absolute Gasteiger partial charge is 0.0589 e. The highest BCUT2D eigenvalue weighted by Gasteiger charge is 2.39. The first-order valence-corrected chi connectivity index (χ1v) is 8.44. The van der Waals surface area contributed by atoms with Crippen LogP contribution in [0.5, 0.6) is 0 Å². The lowest BCUT2D eigenvalue weighted by Gasteiger charge is -2.44. The number of nitrogens with zero attached hydrogens (tertiary/aromatic N) is 1. The van der Waals surface area contributed by atoms with E-state index < -0.39 is 0 Å². The van der Waals surface area contributed by atoms with Crippen molar-refractivity contribution in [1.29, 1.82) is 0 Å². The Balaban J connectivity index is 1.99. The van der Waals surface area contributed by atoms with Gasteiger partial charge in [0.15, 0.2) is 0 Å². The summed E-state index contributed by atoms with van der Waals surface area (Å²) in [6.45, 7) is 7.91. The lowest BCUT2D eigenvalue weighted by atomic mass is 9.70. The van der Waals surface area contributed by atoms with Crippen LogP contribution in [0.25, 0.3) is 0 Å². The van der Waals surface area contributed by atoms with Gasteiger partial charge in [0, 0.05) is 38.3 Å². The molecule has 0 aromatic heterocycles. The fourth-order valence-electron chi connectivity index (χ4n) is 4.05. The van der Waals surface area contributed by atoms with Crippen molar-refractivity contribution >= 4 is 0 Å². The molecule has 3 atom stereocenters. The van der Waals surface area contributed by atoms with Crippen molar-refractivity contribution in [2.75, 3.05) is 33.4 Å². The molecule has 1 N–H and O–H groups in total. The number of hydrogen-bond donors (Lipinski definition) is 1. The molecule has 3 heteroatoms. The third-order valence-corrected chi connectivity index (χ3v) is 5.52. The molecule has 0 saturated heterocycles. The third kappa shape index (κ3) is 4.19. The number of methoxy groups -OCH3 is 1. The van der Waals surface area contributed by atoms with E-state index >= 15 is 0 Å². The first-order valence-electron chi connectivity index (χ1n) is 8.44. The lowest BCUT2D eigenvalue weighted by Crippen LogP contribution is -2.48. The molecule has 0 amide bonds. The molecule has 0 aromatic carbocycles. The van der Waals surface area contributed by atoms with Gasteiger partial charge in [0.25, 0.3) is 0 Å². The van der Waals surface area contributed by atoms with Gasteiger partial charge in [-0.25, -0.2) is 0 Å². The minimum Gasteiger partial charge on any atom is -0.396 e. The Hall–Kier alpha value is -0.120. The van der Waals surface area contributed by atoms with Crippen molar-refractivity contribution < 1.29 is 9.84 Å². The van der Waals surface area contributed by atoms with Crippen LogP contribution in [-0.2, 0) is 4.74 Å². The van der Waals surface area contributed by atoms with Gasteiger partial charge < -0.3 is 9.84 Å². The molecule has 20 heavy (non-hydrogen) atoms. The Labute approximate surface area is 124 Å². The lowest BCUT2D eigenvalue weighted by molar-refractivity contribution is 0.00175. The Morgan fingerprint density at radius 2 is 2.10 bits per heavy atom. The Kier molecular flexibility index (Phi) is 5.88. The van der Waals surface area contributed by atoms with Crippen LogP contribution < -0.4 is 0 Å². The minimum atomic E-state index is 0.133. The van der Waals surface area contributed by atoms with Gasteiger partial charge >= 0.3 is 0 Å². The van der Waals surface area contributed by atoms with Crippen LogP contribution in [0.1, 0.15) is 52.4 Å². The highest BCUT2D eigenvalue weighted by molar-refractivity contribution is 4.92. The standard InChI is InChI=1S/C17H33NO2/c1-14-5-4-8-17(11-14,13-19)12-18(9-10-20-3)15(2)16-6-7-16/h14-16,19H,4-13H2,1-3H3. The Morgan fingerprint density at radius 1 is 1.35 bits per heavy atom. The number of ether oxygens (including phenoxy) is 1. The molecule has 0 aromatic rings. The largest absolute Gasteiger partial charge is 0.396 e. The van der Waals surface area contributed by atoms with Crippen molar-refractivity contribution in [3.05, 3.63) is 0 Å². The quantitative estimate of drug-likeness (QED) is 0.743. The molecule has 0 bridgehead atoms. The van der Waals surface area contributed by atoms with Gasteiger partial charge in [-0.1, -0.05) is 19.8 Å². The molecule has 3 unspecified atom stereocenters. The number of hydrogen-bond acceptors (Lipinski definition) is 3. The minimum absolute atomic E-state index is 0.133. The molecule has 2 rings (SSSR count). The number of rotatable bonds is 8. The van der Waals surface area contributed by atoms with Crippen molar-refractivity contribution in [2.24, 2.45) is 17.3 Å². The van der Waals surface area contributed by atoms with E-state index in [9.17, 15) is 5.11 Å². The molecule has 0 aliphatic heterocycles. The summed E-state index contributed by atoms with van der Waals surface area (Å²) in [5.74, 6) is 1.64. The van der Waals surface area contributed by atoms with E-state index in [-0.39, 0.29) is 5.41 Å². The zero-order valence-electron chi connectivity index (χ0n) is 13.6. The van der Waals surface area contributed by atoms with Crippen LogP contribution in [0.15, 0.2) is 0 Å². The zero-order chi connectivity index (χ0) is 14.6. The molecule has 118 valence electrons. The van der Waals surface area contributed by atoms with Crippen LogP contribution in [0.2, 0.25) is 0 Å². The van der Waals surface area contributed by atoms with Crippen molar-refractivity contribution in [2.45, 2.75) is 58.4 Å². The van der Waals surface area contributed by atoms with E-state index in [1.54, 1.807) is 7.11 Å². The molecule has 0 heterocycles. The molecule has 2 aliphatic rings. The second kappa shape index (κ2) is 7.24. The first kappa shape index (κ1) is 16.3. The van der Waals surface area contributed by atoms with Gasteiger partial charge in [-0.15, -0.1) is 0 Å². The van der Waals surface area contributed by atoms with E-state index in [4.69, 9.17) is 4.74 Å². The molecule has 3 nitrogen and oxygen atoms in total. The SMILES string of the molecule is COCCN(CC1(CO)CCCC(C)C1)C(C)C1CC1. The van der Waals surface area contributed by atoms with Crippen molar-refractivity contribution in [1.82, 2.24) is 4.90 Å². The van der Waals surface area contributed by atoms with Crippen LogP contribution in [0, 0.1) is 17.3 Å². The highest BCUT2D eigenvalue weighted by Crippen LogP contribution is 2.42. The maximum atomic E-state index is 10.0. The van der Waals surface area contributed by atoms with Gasteiger partial charge in [-0.05, 0) is 44.4 Å². The van der Waals surface area contributed by atoms with Crippen LogP contribution in [0.4, 0.5) is 0 Å².